The molecule has 1 unspecified atom stereocenters. The first-order valence-corrected chi connectivity index (χ1v) is 6.49. The molecule has 1 saturated carbocycles. The highest BCUT2D eigenvalue weighted by Gasteiger charge is 2.53. The Morgan fingerprint density at radius 2 is 2.40 bits per heavy atom. The molecule has 20 heavy (non-hydrogen) atoms. The average Bonchev–Trinajstić information content (AvgIpc) is 2.94. The summed E-state index contributed by atoms with van der Waals surface area (Å²) in [7, 11) is 1.61. The number of hydrogen-bond acceptors (Lipinski definition) is 5. The average molecular weight is 277 g/mol. The number of ether oxygens (including phenoxy) is 2. The van der Waals surface area contributed by atoms with Gasteiger partial charge in [-0.05, 0) is 25.0 Å². The van der Waals surface area contributed by atoms with Crippen LogP contribution in [0, 0.1) is 10.1 Å². The first-order valence-electron chi connectivity index (χ1n) is 6.49. The lowest BCUT2D eigenvalue weighted by Crippen LogP contribution is -2.35. The maximum Gasteiger partial charge on any atom is 0.235 e. The number of fused-ring (bicyclic) bond motifs is 3. The molecule has 106 valence electrons. The van der Waals surface area contributed by atoms with Crippen LogP contribution in [0.25, 0.3) is 6.08 Å². The lowest BCUT2D eigenvalue weighted by atomic mass is 9.90. The summed E-state index contributed by atoms with van der Waals surface area (Å²) in [6, 6.07) is 3.18. The van der Waals surface area contributed by atoms with Gasteiger partial charge in [-0.15, -0.1) is 0 Å². The van der Waals surface area contributed by atoms with E-state index in [9.17, 15) is 15.2 Å². The van der Waals surface area contributed by atoms with Crippen molar-refractivity contribution in [2.24, 2.45) is 0 Å². The van der Waals surface area contributed by atoms with Gasteiger partial charge in [-0.2, -0.15) is 0 Å². The molecule has 0 aromatic heterocycles. The molecule has 0 radical (unpaired) electrons. The van der Waals surface area contributed by atoms with E-state index in [1.165, 1.54) is 12.1 Å². The number of methoxy groups -OCH3 is 1. The van der Waals surface area contributed by atoms with Gasteiger partial charge in [0.1, 0.15) is 11.5 Å². The highest BCUT2D eigenvalue weighted by atomic mass is 16.7. The SMILES string of the molecule is CO[C@]12CCCC1c1c(ccc(O)c1/C=C/[N+](=O)[O-])O2. The zero-order valence-corrected chi connectivity index (χ0v) is 11.0. The predicted molar refractivity (Wildman–Crippen MR) is 71.1 cm³/mol. The van der Waals surface area contributed by atoms with Crippen LogP contribution >= 0.6 is 0 Å². The first kappa shape index (κ1) is 12.9. The summed E-state index contributed by atoms with van der Waals surface area (Å²) >= 11 is 0. The topological polar surface area (TPSA) is 81.8 Å². The van der Waals surface area contributed by atoms with Crippen molar-refractivity contribution in [2.45, 2.75) is 31.0 Å². The minimum atomic E-state index is -0.687. The van der Waals surface area contributed by atoms with E-state index < -0.39 is 10.7 Å². The molecule has 1 aromatic rings. The van der Waals surface area contributed by atoms with E-state index in [0.717, 1.165) is 31.0 Å². The van der Waals surface area contributed by atoms with Gasteiger partial charge < -0.3 is 14.6 Å². The Hall–Kier alpha value is -2.08. The van der Waals surface area contributed by atoms with Crippen LogP contribution in [-0.2, 0) is 4.74 Å². The van der Waals surface area contributed by atoms with Crippen molar-refractivity contribution in [1.82, 2.24) is 0 Å². The smallest absolute Gasteiger partial charge is 0.235 e. The minimum absolute atomic E-state index is 0.000930. The van der Waals surface area contributed by atoms with Gasteiger partial charge in [-0.1, -0.05) is 0 Å². The number of nitro groups is 1. The van der Waals surface area contributed by atoms with E-state index >= 15 is 0 Å². The molecule has 1 aliphatic carbocycles. The number of aromatic hydroxyl groups is 1. The van der Waals surface area contributed by atoms with Crippen molar-refractivity contribution in [2.75, 3.05) is 7.11 Å². The lowest BCUT2D eigenvalue weighted by molar-refractivity contribution is -0.400. The highest BCUT2D eigenvalue weighted by Crippen LogP contribution is 2.56. The number of nitrogens with zero attached hydrogens (tertiary/aromatic N) is 1. The van der Waals surface area contributed by atoms with Crippen LogP contribution in [0.1, 0.15) is 36.3 Å². The third-order valence-corrected chi connectivity index (χ3v) is 4.11. The van der Waals surface area contributed by atoms with Crippen molar-refractivity contribution in [3.8, 4) is 11.5 Å². The van der Waals surface area contributed by atoms with Gasteiger partial charge in [0.2, 0.25) is 12.0 Å². The molecular weight excluding hydrogens is 262 g/mol. The Morgan fingerprint density at radius 3 is 3.10 bits per heavy atom. The van der Waals surface area contributed by atoms with Gasteiger partial charge >= 0.3 is 0 Å². The molecule has 6 nitrogen and oxygen atoms in total. The lowest BCUT2D eigenvalue weighted by Gasteiger charge is -2.26. The molecule has 1 heterocycles. The number of rotatable bonds is 3. The fraction of sp³-hybridized carbons (Fsp3) is 0.429. The summed E-state index contributed by atoms with van der Waals surface area (Å²) in [5.41, 5.74) is 1.26. The Labute approximate surface area is 115 Å². The normalized spacial score (nSPS) is 27.4. The fourth-order valence-corrected chi connectivity index (χ4v) is 3.27. The molecule has 1 aromatic carbocycles. The first-order chi connectivity index (χ1) is 9.57. The number of hydrogen-bond donors (Lipinski definition) is 1. The quantitative estimate of drug-likeness (QED) is 0.678. The van der Waals surface area contributed by atoms with Crippen LogP contribution < -0.4 is 4.74 Å². The molecule has 1 aliphatic heterocycles. The molecule has 1 fully saturated rings. The Morgan fingerprint density at radius 1 is 1.60 bits per heavy atom. The fourth-order valence-electron chi connectivity index (χ4n) is 3.27. The van der Waals surface area contributed by atoms with Crippen LogP contribution in [0.3, 0.4) is 0 Å². The van der Waals surface area contributed by atoms with Gasteiger partial charge in [0.05, 0.1) is 10.8 Å². The summed E-state index contributed by atoms with van der Waals surface area (Å²) in [5.74, 6) is -0.0320. The molecule has 3 rings (SSSR count). The van der Waals surface area contributed by atoms with E-state index in [1.54, 1.807) is 13.2 Å². The standard InChI is InChI=1S/C14H15NO5/c1-19-14-7-2-3-10(14)13-9(6-8-15(17)18)11(16)4-5-12(13)20-14/h4-6,8,10,16H,2-3,7H2,1H3/b8-6+/t10?,14-/m0/s1. The van der Waals surface area contributed by atoms with E-state index in [1.807, 2.05) is 0 Å². The molecule has 2 atom stereocenters. The summed E-state index contributed by atoms with van der Waals surface area (Å²) in [6.07, 6.45) is 4.77. The van der Waals surface area contributed by atoms with Gasteiger partial charge in [0, 0.05) is 30.7 Å². The molecule has 6 heteroatoms. The highest BCUT2D eigenvalue weighted by molar-refractivity contribution is 5.67. The summed E-state index contributed by atoms with van der Waals surface area (Å²) in [5, 5.41) is 20.5. The molecular formula is C14H15NO5. The van der Waals surface area contributed by atoms with E-state index in [0.29, 0.717) is 11.3 Å². The number of benzene rings is 1. The summed E-state index contributed by atoms with van der Waals surface area (Å²) < 4.78 is 11.5. The number of phenols is 1. The zero-order valence-electron chi connectivity index (χ0n) is 11.0. The van der Waals surface area contributed by atoms with Crippen molar-refractivity contribution in [3.63, 3.8) is 0 Å². The zero-order chi connectivity index (χ0) is 14.3. The second kappa shape index (κ2) is 4.49. The molecule has 0 saturated heterocycles. The van der Waals surface area contributed by atoms with E-state index in [-0.39, 0.29) is 11.7 Å². The van der Waals surface area contributed by atoms with Crippen molar-refractivity contribution in [3.05, 3.63) is 39.6 Å². The van der Waals surface area contributed by atoms with E-state index in [4.69, 9.17) is 9.47 Å². The molecule has 1 N–H and O–H groups in total. The van der Waals surface area contributed by atoms with Crippen molar-refractivity contribution >= 4 is 6.08 Å². The summed E-state index contributed by atoms with van der Waals surface area (Å²) in [6.45, 7) is 0. The van der Waals surface area contributed by atoms with Gasteiger partial charge in [-0.25, -0.2) is 0 Å². The van der Waals surface area contributed by atoms with Crippen LogP contribution in [0.4, 0.5) is 0 Å². The second-order valence-corrected chi connectivity index (χ2v) is 5.07. The largest absolute Gasteiger partial charge is 0.507 e. The van der Waals surface area contributed by atoms with E-state index in [2.05, 4.69) is 0 Å². The third-order valence-electron chi connectivity index (χ3n) is 4.11. The van der Waals surface area contributed by atoms with Gasteiger partial charge in [-0.3, -0.25) is 10.1 Å². The Balaban J connectivity index is 2.12. The Kier molecular flexibility index (Phi) is 2.90. The maximum absolute atomic E-state index is 10.5. The Bertz CT molecular complexity index is 597. The summed E-state index contributed by atoms with van der Waals surface area (Å²) in [4.78, 5) is 9.96. The van der Waals surface area contributed by atoms with Gasteiger partial charge in [0.15, 0.2) is 0 Å². The maximum atomic E-state index is 10.5. The van der Waals surface area contributed by atoms with Crippen LogP contribution in [-0.4, -0.2) is 22.9 Å². The molecule has 0 amide bonds. The number of phenolic OH excluding ortho intramolecular Hbond substituents is 1. The van der Waals surface area contributed by atoms with Crippen LogP contribution in [0.15, 0.2) is 18.3 Å². The molecule has 0 bridgehead atoms. The molecule has 0 spiro atoms. The van der Waals surface area contributed by atoms with Crippen molar-refractivity contribution < 1.29 is 19.5 Å². The minimum Gasteiger partial charge on any atom is -0.507 e. The monoisotopic (exact) mass is 277 g/mol. The van der Waals surface area contributed by atoms with Crippen LogP contribution in [0.2, 0.25) is 0 Å². The van der Waals surface area contributed by atoms with Crippen molar-refractivity contribution in [1.29, 1.82) is 0 Å². The third kappa shape index (κ3) is 1.76. The predicted octanol–water partition coefficient (Wildman–Crippen LogP) is 2.64. The second-order valence-electron chi connectivity index (χ2n) is 5.07. The molecule has 2 aliphatic rings. The van der Waals surface area contributed by atoms with Gasteiger partial charge in [0.25, 0.3) is 0 Å². The van der Waals surface area contributed by atoms with Crippen LogP contribution in [0.5, 0.6) is 11.5 Å².